The van der Waals surface area contributed by atoms with E-state index in [4.69, 9.17) is 0 Å². The maximum absolute atomic E-state index is 13.9. The number of fused-ring (bicyclic) bond motifs is 1. The standard InChI is InChI=1S/C21H24F2N6.HI/c1-24-21(26-9-6-14-12-27-19-11-15(22)4-5-17(14)19)28-16-7-10-29(13-16)20-18(23)3-2-8-25-20;/h2-5,8,11-12,16,27H,6-7,9-10,13H2,1H3,(H2,24,26,28);1H. The number of anilines is 1. The van der Waals surface area contributed by atoms with E-state index >= 15 is 0 Å². The fourth-order valence-electron chi connectivity index (χ4n) is 3.75. The van der Waals surface area contributed by atoms with E-state index < -0.39 is 0 Å². The Hall–Kier alpha value is -2.43. The molecule has 0 aliphatic carbocycles. The highest BCUT2D eigenvalue weighted by Gasteiger charge is 2.25. The van der Waals surface area contributed by atoms with Crippen molar-refractivity contribution in [1.29, 1.82) is 0 Å². The maximum atomic E-state index is 13.9. The summed E-state index contributed by atoms with van der Waals surface area (Å²) in [5.74, 6) is 0.568. The molecule has 160 valence electrons. The highest BCUT2D eigenvalue weighted by Crippen LogP contribution is 2.21. The van der Waals surface area contributed by atoms with E-state index in [-0.39, 0.29) is 41.7 Å². The molecule has 30 heavy (non-hydrogen) atoms. The van der Waals surface area contributed by atoms with E-state index in [1.807, 2.05) is 11.1 Å². The molecule has 1 aromatic carbocycles. The minimum Gasteiger partial charge on any atom is -0.361 e. The SMILES string of the molecule is CN=C(NCCc1c[nH]c2cc(F)ccc12)NC1CCN(c2ncccc2F)C1.I. The zero-order chi connectivity index (χ0) is 20.2. The van der Waals surface area contributed by atoms with E-state index in [0.29, 0.717) is 24.9 Å². The molecule has 0 bridgehead atoms. The van der Waals surface area contributed by atoms with Gasteiger partial charge >= 0.3 is 0 Å². The number of nitrogens with one attached hydrogen (secondary N) is 3. The molecule has 9 heteroatoms. The summed E-state index contributed by atoms with van der Waals surface area (Å²) in [6.45, 7) is 2.10. The molecule has 1 atom stereocenters. The summed E-state index contributed by atoms with van der Waals surface area (Å²) in [4.78, 5) is 13.5. The first-order valence-electron chi connectivity index (χ1n) is 9.72. The van der Waals surface area contributed by atoms with E-state index in [2.05, 4.69) is 25.6 Å². The van der Waals surface area contributed by atoms with E-state index in [0.717, 1.165) is 35.9 Å². The minimum atomic E-state index is -0.297. The van der Waals surface area contributed by atoms with Gasteiger partial charge in [-0.15, -0.1) is 24.0 Å². The Balaban J connectivity index is 0.00000256. The maximum Gasteiger partial charge on any atom is 0.191 e. The summed E-state index contributed by atoms with van der Waals surface area (Å²) in [6, 6.07) is 7.97. The van der Waals surface area contributed by atoms with Gasteiger partial charge in [-0.05, 0) is 48.7 Å². The number of halogens is 3. The van der Waals surface area contributed by atoms with Crippen LogP contribution in [-0.4, -0.2) is 48.7 Å². The monoisotopic (exact) mass is 526 g/mol. The average Bonchev–Trinajstić information content (AvgIpc) is 3.34. The number of H-pyrrole nitrogens is 1. The van der Waals surface area contributed by atoms with Crippen LogP contribution < -0.4 is 15.5 Å². The second-order valence-corrected chi connectivity index (χ2v) is 7.14. The number of benzene rings is 1. The molecule has 1 aliphatic heterocycles. The Morgan fingerprint density at radius 2 is 2.20 bits per heavy atom. The van der Waals surface area contributed by atoms with Gasteiger partial charge < -0.3 is 20.5 Å². The Morgan fingerprint density at radius 1 is 1.33 bits per heavy atom. The second-order valence-electron chi connectivity index (χ2n) is 7.14. The predicted molar refractivity (Wildman–Crippen MR) is 127 cm³/mol. The summed E-state index contributed by atoms with van der Waals surface area (Å²) in [5.41, 5.74) is 1.93. The van der Waals surface area contributed by atoms with Gasteiger partial charge in [-0.3, -0.25) is 4.99 Å². The van der Waals surface area contributed by atoms with Crippen molar-refractivity contribution in [1.82, 2.24) is 20.6 Å². The van der Waals surface area contributed by atoms with Crippen LogP contribution in [-0.2, 0) is 6.42 Å². The Morgan fingerprint density at radius 3 is 3.00 bits per heavy atom. The lowest BCUT2D eigenvalue weighted by molar-refractivity contribution is 0.612. The number of nitrogens with zero attached hydrogens (tertiary/aromatic N) is 3. The van der Waals surface area contributed by atoms with Crippen LogP contribution in [0.25, 0.3) is 10.9 Å². The number of guanidine groups is 1. The van der Waals surface area contributed by atoms with Gasteiger partial charge in [-0.1, -0.05) is 0 Å². The molecule has 0 amide bonds. The van der Waals surface area contributed by atoms with Crippen molar-refractivity contribution >= 4 is 46.7 Å². The first-order valence-corrected chi connectivity index (χ1v) is 9.72. The van der Waals surface area contributed by atoms with Crippen LogP contribution in [0.1, 0.15) is 12.0 Å². The highest BCUT2D eigenvalue weighted by atomic mass is 127. The van der Waals surface area contributed by atoms with Gasteiger partial charge in [0, 0.05) is 56.0 Å². The normalized spacial score (nSPS) is 16.6. The van der Waals surface area contributed by atoms with Crippen LogP contribution in [0.5, 0.6) is 0 Å². The second kappa shape index (κ2) is 10.1. The van der Waals surface area contributed by atoms with Crippen molar-refractivity contribution in [3.63, 3.8) is 0 Å². The number of hydrogen-bond donors (Lipinski definition) is 3. The van der Waals surface area contributed by atoms with E-state index in [9.17, 15) is 8.78 Å². The van der Waals surface area contributed by atoms with Crippen LogP contribution >= 0.6 is 24.0 Å². The van der Waals surface area contributed by atoms with Crippen LogP contribution in [0, 0.1) is 11.6 Å². The first-order chi connectivity index (χ1) is 14.1. The lowest BCUT2D eigenvalue weighted by Gasteiger charge is -2.20. The molecule has 3 aromatic rings. The summed E-state index contributed by atoms with van der Waals surface area (Å²) in [6.07, 6.45) is 5.18. The average molecular weight is 526 g/mol. The zero-order valence-corrected chi connectivity index (χ0v) is 19.0. The van der Waals surface area contributed by atoms with E-state index in [1.54, 1.807) is 25.4 Å². The Labute approximate surface area is 191 Å². The number of aromatic nitrogens is 2. The predicted octanol–water partition coefficient (Wildman–Crippen LogP) is 3.45. The van der Waals surface area contributed by atoms with Crippen LogP contribution in [0.2, 0.25) is 0 Å². The van der Waals surface area contributed by atoms with Crippen molar-refractivity contribution in [2.75, 3.05) is 31.6 Å². The summed E-state index contributed by atoms with van der Waals surface area (Å²) >= 11 is 0. The largest absolute Gasteiger partial charge is 0.361 e. The first kappa shape index (κ1) is 22.3. The molecule has 2 aromatic heterocycles. The molecule has 6 nitrogen and oxygen atoms in total. The van der Waals surface area contributed by atoms with Gasteiger partial charge in [-0.2, -0.15) is 0 Å². The van der Waals surface area contributed by atoms with Crippen molar-refractivity contribution in [2.24, 2.45) is 4.99 Å². The summed E-state index contributed by atoms with van der Waals surface area (Å²) in [5, 5.41) is 7.75. The Kier molecular flexibility index (Phi) is 7.46. The van der Waals surface area contributed by atoms with E-state index in [1.165, 1.54) is 18.2 Å². The number of hydrogen-bond acceptors (Lipinski definition) is 3. The molecule has 0 spiro atoms. The van der Waals surface area contributed by atoms with Crippen molar-refractivity contribution in [3.05, 3.63) is 59.9 Å². The van der Waals surface area contributed by atoms with Gasteiger partial charge in [0.2, 0.25) is 0 Å². The van der Waals surface area contributed by atoms with Crippen LogP contribution in [0.15, 0.2) is 47.7 Å². The van der Waals surface area contributed by atoms with Gasteiger partial charge in [0.15, 0.2) is 17.6 Å². The number of aromatic amines is 1. The molecule has 1 fully saturated rings. The smallest absolute Gasteiger partial charge is 0.191 e. The number of rotatable bonds is 5. The molecule has 3 heterocycles. The topological polar surface area (TPSA) is 68.3 Å². The minimum absolute atomic E-state index is 0. The van der Waals surface area contributed by atoms with Gasteiger partial charge in [-0.25, -0.2) is 13.8 Å². The third kappa shape index (κ3) is 5.00. The van der Waals surface area contributed by atoms with Gasteiger partial charge in [0.1, 0.15) is 5.82 Å². The third-order valence-corrected chi connectivity index (χ3v) is 5.21. The fraction of sp³-hybridized carbons (Fsp3) is 0.333. The molecule has 0 saturated carbocycles. The quantitative estimate of drug-likeness (QED) is 0.271. The molecular formula is C21H25F2IN6. The van der Waals surface area contributed by atoms with Crippen molar-refractivity contribution < 1.29 is 8.78 Å². The number of pyridine rings is 1. The molecule has 3 N–H and O–H groups in total. The fourth-order valence-corrected chi connectivity index (χ4v) is 3.75. The summed E-state index contributed by atoms with van der Waals surface area (Å²) in [7, 11) is 1.73. The molecule has 4 rings (SSSR count). The molecular weight excluding hydrogens is 501 g/mol. The summed E-state index contributed by atoms with van der Waals surface area (Å²) < 4.78 is 27.3. The lowest BCUT2D eigenvalue weighted by atomic mass is 10.1. The van der Waals surface area contributed by atoms with Crippen LogP contribution in [0.4, 0.5) is 14.6 Å². The van der Waals surface area contributed by atoms with Crippen molar-refractivity contribution in [3.8, 4) is 0 Å². The molecule has 1 unspecified atom stereocenters. The van der Waals surface area contributed by atoms with Gasteiger partial charge in [0.25, 0.3) is 0 Å². The van der Waals surface area contributed by atoms with Crippen molar-refractivity contribution in [2.45, 2.75) is 18.9 Å². The van der Waals surface area contributed by atoms with Crippen LogP contribution in [0.3, 0.4) is 0 Å². The zero-order valence-electron chi connectivity index (χ0n) is 16.7. The molecule has 0 radical (unpaired) electrons. The molecule has 1 saturated heterocycles. The third-order valence-electron chi connectivity index (χ3n) is 5.21. The lowest BCUT2D eigenvalue weighted by Crippen LogP contribution is -2.45. The van der Waals surface area contributed by atoms with Gasteiger partial charge in [0.05, 0.1) is 0 Å². The molecule has 1 aliphatic rings. The Bertz CT molecular complexity index is 1020. The highest BCUT2D eigenvalue weighted by molar-refractivity contribution is 14.0. The number of aliphatic imine (C=N–C) groups is 1.